The average Bonchev–Trinajstić information content (AvgIpc) is 2.93. The fraction of sp³-hybridized carbons (Fsp3) is 1.00. The molecule has 0 spiro atoms. The second kappa shape index (κ2) is 5.73. The van der Waals surface area contributed by atoms with E-state index in [-0.39, 0.29) is 5.54 Å². The molecule has 2 aliphatic carbocycles. The molecule has 19 heavy (non-hydrogen) atoms. The van der Waals surface area contributed by atoms with Gasteiger partial charge >= 0.3 is 0 Å². The van der Waals surface area contributed by atoms with E-state index in [1.54, 1.807) is 0 Å². The van der Waals surface area contributed by atoms with Crippen LogP contribution in [0.3, 0.4) is 0 Å². The molecule has 0 aliphatic heterocycles. The Hall–Kier alpha value is -0.0800. The van der Waals surface area contributed by atoms with Gasteiger partial charge in [0.15, 0.2) is 0 Å². The molecule has 2 bridgehead atoms. The fourth-order valence-corrected chi connectivity index (χ4v) is 4.49. The molecule has 1 N–H and O–H groups in total. The van der Waals surface area contributed by atoms with Crippen LogP contribution in [0.5, 0.6) is 0 Å². The molecule has 0 saturated heterocycles. The van der Waals surface area contributed by atoms with Gasteiger partial charge in [-0.1, -0.05) is 13.3 Å². The fourth-order valence-electron chi connectivity index (χ4n) is 4.49. The summed E-state index contributed by atoms with van der Waals surface area (Å²) in [6.07, 6.45) is 7.10. The third-order valence-electron chi connectivity index (χ3n) is 5.71. The predicted molar refractivity (Wildman–Crippen MR) is 81.3 cm³/mol. The van der Waals surface area contributed by atoms with Crippen molar-refractivity contribution in [2.24, 2.45) is 23.2 Å². The van der Waals surface area contributed by atoms with E-state index in [1.165, 1.54) is 38.6 Å². The SMILES string of the molecule is COCCC(C)C1(CNC(C)(C)C)CC2CCC1C2. The summed E-state index contributed by atoms with van der Waals surface area (Å²) in [6.45, 7) is 11.4. The molecule has 2 saturated carbocycles. The van der Waals surface area contributed by atoms with Crippen molar-refractivity contribution in [1.82, 2.24) is 5.32 Å². The first-order chi connectivity index (χ1) is 8.87. The highest BCUT2D eigenvalue weighted by atomic mass is 16.5. The van der Waals surface area contributed by atoms with Gasteiger partial charge in [0.25, 0.3) is 0 Å². The second-order valence-electron chi connectivity index (χ2n) is 8.10. The minimum absolute atomic E-state index is 0.232. The first-order valence-corrected chi connectivity index (χ1v) is 8.11. The molecule has 0 aromatic rings. The highest BCUT2D eigenvalue weighted by Gasteiger charge is 2.53. The van der Waals surface area contributed by atoms with E-state index in [9.17, 15) is 0 Å². The Morgan fingerprint density at radius 1 is 1.32 bits per heavy atom. The molecule has 2 nitrogen and oxygen atoms in total. The molecule has 2 fully saturated rings. The smallest absolute Gasteiger partial charge is 0.0465 e. The van der Waals surface area contributed by atoms with E-state index in [4.69, 9.17) is 4.74 Å². The normalized spacial score (nSPS) is 35.8. The Balaban J connectivity index is 2.05. The van der Waals surface area contributed by atoms with E-state index in [2.05, 4.69) is 33.0 Å². The van der Waals surface area contributed by atoms with Crippen LogP contribution in [-0.2, 0) is 4.74 Å². The monoisotopic (exact) mass is 267 g/mol. The van der Waals surface area contributed by atoms with Gasteiger partial charge in [-0.25, -0.2) is 0 Å². The molecule has 0 aromatic carbocycles. The summed E-state index contributed by atoms with van der Waals surface area (Å²) in [5.74, 6) is 2.74. The number of ether oxygens (including phenoxy) is 1. The Kier molecular flexibility index (Phi) is 4.62. The van der Waals surface area contributed by atoms with Gasteiger partial charge in [-0.2, -0.15) is 0 Å². The van der Waals surface area contributed by atoms with Crippen molar-refractivity contribution >= 4 is 0 Å². The van der Waals surface area contributed by atoms with E-state index < -0.39 is 0 Å². The number of rotatable bonds is 6. The third kappa shape index (κ3) is 3.33. The number of hydrogen-bond acceptors (Lipinski definition) is 2. The van der Waals surface area contributed by atoms with Gasteiger partial charge in [0, 0.05) is 25.8 Å². The predicted octanol–water partition coefficient (Wildman–Crippen LogP) is 3.85. The molecule has 0 radical (unpaired) electrons. The van der Waals surface area contributed by atoms with Crippen LogP contribution >= 0.6 is 0 Å². The topological polar surface area (TPSA) is 21.3 Å². The molecule has 2 heteroatoms. The Morgan fingerprint density at radius 3 is 2.53 bits per heavy atom. The van der Waals surface area contributed by atoms with Crippen molar-refractivity contribution in [2.75, 3.05) is 20.3 Å². The lowest BCUT2D eigenvalue weighted by atomic mass is 9.64. The van der Waals surface area contributed by atoms with Crippen LogP contribution < -0.4 is 5.32 Å². The van der Waals surface area contributed by atoms with Crippen LogP contribution in [-0.4, -0.2) is 25.8 Å². The van der Waals surface area contributed by atoms with Crippen molar-refractivity contribution in [2.45, 2.75) is 65.3 Å². The zero-order chi connectivity index (χ0) is 14.1. The highest BCUT2D eigenvalue weighted by molar-refractivity contribution is 5.04. The van der Waals surface area contributed by atoms with Gasteiger partial charge in [0.1, 0.15) is 0 Å². The zero-order valence-corrected chi connectivity index (χ0v) is 13.6. The minimum atomic E-state index is 0.232. The Morgan fingerprint density at radius 2 is 2.05 bits per heavy atom. The maximum atomic E-state index is 5.32. The van der Waals surface area contributed by atoms with Crippen LogP contribution in [0.15, 0.2) is 0 Å². The van der Waals surface area contributed by atoms with Crippen molar-refractivity contribution in [3.8, 4) is 0 Å². The van der Waals surface area contributed by atoms with Gasteiger partial charge in [-0.3, -0.25) is 0 Å². The molecule has 2 rings (SSSR count). The standard InChI is InChI=1S/C17H33NO/c1-13(8-9-19-5)17(12-18-16(2,3)4)11-14-6-7-15(17)10-14/h13-15,18H,6-12H2,1-5H3. The van der Waals surface area contributed by atoms with Crippen molar-refractivity contribution in [1.29, 1.82) is 0 Å². The summed E-state index contributed by atoms with van der Waals surface area (Å²) in [7, 11) is 1.83. The van der Waals surface area contributed by atoms with Crippen molar-refractivity contribution in [3.05, 3.63) is 0 Å². The van der Waals surface area contributed by atoms with Crippen molar-refractivity contribution in [3.63, 3.8) is 0 Å². The molecule has 0 heterocycles. The second-order valence-corrected chi connectivity index (χ2v) is 8.10. The largest absolute Gasteiger partial charge is 0.385 e. The maximum Gasteiger partial charge on any atom is 0.0465 e. The summed E-state index contributed by atoms with van der Waals surface area (Å²) in [4.78, 5) is 0. The summed E-state index contributed by atoms with van der Waals surface area (Å²) in [5.41, 5.74) is 0.768. The first-order valence-electron chi connectivity index (χ1n) is 8.11. The molecular weight excluding hydrogens is 234 g/mol. The number of nitrogens with one attached hydrogen (secondary N) is 1. The summed E-state index contributed by atoms with van der Waals surface area (Å²) >= 11 is 0. The van der Waals surface area contributed by atoms with Gasteiger partial charge in [-0.05, 0) is 69.6 Å². The van der Waals surface area contributed by atoms with Gasteiger partial charge in [0.05, 0.1) is 0 Å². The zero-order valence-electron chi connectivity index (χ0n) is 13.6. The van der Waals surface area contributed by atoms with Crippen LogP contribution in [0, 0.1) is 23.2 Å². The quantitative estimate of drug-likeness (QED) is 0.789. The van der Waals surface area contributed by atoms with Crippen LogP contribution in [0.2, 0.25) is 0 Å². The lowest BCUT2D eigenvalue weighted by molar-refractivity contribution is 0.0512. The molecule has 0 aromatic heterocycles. The molecule has 2 aliphatic rings. The average molecular weight is 267 g/mol. The summed E-state index contributed by atoms with van der Waals surface area (Å²) in [6, 6.07) is 0. The van der Waals surface area contributed by atoms with Crippen LogP contribution in [0.25, 0.3) is 0 Å². The van der Waals surface area contributed by atoms with E-state index >= 15 is 0 Å². The highest BCUT2D eigenvalue weighted by Crippen LogP contribution is 2.59. The molecular formula is C17H33NO. The van der Waals surface area contributed by atoms with E-state index in [0.717, 1.165) is 24.4 Å². The lowest BCUT2D eigenvalue weighted by Gasteiger charge is -2.45. The molecule has 112 valence electrons. The van der Waals surface area contributed by atoms with Gasteiger partial charge in [-0.15, -0.1) is 0 Å². The number of methoxy groups -OCH3 is 1. The van der Waals surface area contributed by atoms with E-state index in [1.807, 2.05) is 7.11 Å². The van der Waals surface area contributed by atoms with Gasteiger partial charge in [0.2, 0.25) is 0 Å². The molecule has 4 unspecified atom stereocenters. The third-order valence-corrected chi connectivity index (χ3v) is 5.71. The molecule has 4 atom stereocenters. The molecule has 0 amide bonds. The lowest BCUT2D eigenvalue weighted by Crippen LogP contribution is -2.49. The van der Waals surface area contributed by atoms with Crippen LogP contribution in [0.4, 0.5) is 0 Å². The number of fused-ring (bicyclic) bond motifs is 2. The maximum absolute atomic E-state index is 5.32. The summed E-state index contributed by atoms with van der Waals surface area (Å²) < 4.78 is 5.32. The van der Waals surface area contributed by atoms with E-state index in [0.29, 0.717) is 5.41 Å². The first kappa shape index (κ1) is 15.3. The van der Waals surface area contributed by atoms with Gasteiger partial charge < -0.3 is 10.1 Å². The van der Waals surface area contributed by atoms with Crippen molar-refractivity contribution < 1.29 is 4.74 Å². The Labute approximate surface area is 119 Å². The number of hydrogen-bond donors (Lipinski definition) is 1. The Bertz CT molecular complexity index is 296. The summed E-state index contributed by atoms with van der Waals surface area (Å²) in [5, 5.41) is 3.81. The van der Waals surface area contributed by atoms with Crippen LogP contribution in [0.1, 0.15) is 59.8 Å². The minimum Gasteiger partial charge on any atom is -0.385 e.